The Labute approximate surface area is 151 Å². The van der Waals surface area contributed by atoms with Crippen molar-refractivity contribution in [2.24, 2.45) is 5.73 Å². The Morgan fingerprint density at radius 3 is 2.36 bits per heavy atom. The quantitative estimate of drug-likeness (QED) is 0.821. The number of alkyl halides is 2. The number of benzene rings is 1. The van der Waals surface area contributed by atoms with Crippen LogP contribution in [0.2, 0.25) is 0 Å². The number of methoxy groups -OCH3 is 2. The third-order valence-corrected chi connectivity index (χ3v) is 4.07. The first-order chi connectivity index (χ1) is 11.5. The van der Waals surface area contributed by atoms with Crippen LogP contribution in [0.3, 0.4) is 0 Å². The van der Waals surface area contributed by atoms with Crippen molar-refractivity contribution in [1.29, 1.82) is 0 Å². The molecule has 0 spiro atoms. The molecule has 142 valence electrons. The molecule has 0 aliphatic carbocycles. The second kappa shape index (κ2) is 9.62. The molecule has 0 bridgehead atoms. The fourth-order valence-corrected chi connectivity index (χ4v) is 2.89. The van der Waals surface area contributed by atoms with Gasteiger partial charge in [0.2, 0.25) is 5.75 Å². The number of hydrogen-bond donors (Lipinski definition) is 1. The van der Waals surface area contributed by atoms with Crippen molar-refractivity contribution >= 4 is 18.3 Å². The Bertz CT molecular complexity index is 564. The Hall–Kier alpha value is -1.80. The summed E-state index contributed by atoms with van der Waals surface area (Å²) in [5.74, 6) is -0.440. The van der Waals surface area contributed by atoms with Crippen LogP contribution in [0.4, 0.5) is 8.78 Å². The summed E-state index contributed by atoms with van der Waals surface area (Å²) in [6, 6.07) is 2.73. The predicted octanol–water partition coefficient (Wildman–Crippen LogP) is 2.68. The van der Waals surface area contributed by atoms with Gasteiger partial charge in [0.25, 0.3) is 5.91 Å². The van der Waals surface area contributed by atoms with Gasteiger partial charge in [-0.05, 0) is 31.4 Å². The molecule has 2 N–H and O–H groups in total. The van der Waals surface area contributed by atoms with E-state index in [4.69, 9.17) is 15.2 Å². The molecular weight excluding hydrogens is 358 g/mol. The van der Waals surface area contributed by atoms with Gasteiger partial charge in [-0.3, -0.25) is 4.79 Å². The minimum Gasteiger partial charge on any atom is -0.493 e. The van der Waals surface area contributed by atoms with E-state index in [0.29, 0.717) is 13.1 Å². The molecule has 1 amide bonds. The summed E-state index contributed by atoms with van der Waals surface area (Å²) < 4.78 is 39.8. The van der Waals surface area contributed by atoms with Crippen LogP contribution in [0.1, 0.15) is 29.6 Å². The summed E-state index contributed by atoms with van der Waals surface area (Å²) in [6.07, 6.45) is 2.78. The number of amides is 1. The zero-order chi connectivity index (χ0) is 17.7. The fraction of sp³-hybridized carbons (Fsp3) is 0.562. The molecule has 25 heavy (non-hydrogen) atoms. The lowest BCUT2D eigenvalue weighted by molar-refractivity contribution is -0.0526. The second-order valence-electron chi connectivity index (χ2n) is 5.47. The lowest BCUT2D eigenvalue weighted by Gasteiger charge is -2.35. The van der Waals surface area contributed by atoms with Gasteiger partial charge in [-0.25, -0.2) is 0 Å². The maximum absolute atomic E-state index is 12.8. The van der Waals surface area contributed by atoms with Crippen LogP contribution >= 0.6 is 12.4 Å². The molecule has 6 nitrogen and oxygen atoms in total. The zero-order valence-corrected chi connectivity index (χ0v) is 15.0. The maximum Gasteiger partial charge on any atom is 0.387 e. The van der Waals surface area contributed by atoms with E-state index in [-0.39, 0.29) is 47.2 Å². The van der Waals surface area contributed by atoms with Crippen molar-refractivity contribution in [2.75, 3.05) is 27.3 Å². The average molecular weight is 381 g/mol. The van der Waals surface area contributed by atoms with Crippen molar-refractivity contribution in [1.82, 2.24) is 4.90 Å². The van der Waals surface area contributed by atoms with E-state index in [0.717, 1.165) is 19.3 Å². The van der Waals surface area contributed by atoms with E-state index in [1.165, 1.54) is 26.4 Å². The number of piperidine rings is 1. The summed E-state index contributed by atoms with van der Waals surface area (Å²) in [4.78, 5) is 14.5. The number of likely N-dealkylation sites (tertiary alicyclic amines) is 1. The molecule has 1 aromatic carbocycles. The number of carbonyl (C=O) groups is 1. The largest absolute Gasteiger partial charge is 0.493 e. The molecule has 0 radical (unpaired) electrons. The van der Waals surface area contributed by atoms with Crippen LogP contribution in [0.25, 0.3) is 0 Å². The van der Waals surface area contributed by atoms with E-state index in [1.807, 2.05) is 0 Å². The van der Waals surface area contributed by atoms with Gasteiger partial charge in [-0.2, -0.15) is 8.78 Å². The van der Waals surface area contributed by atoms with Gasteiger partial charge in [0.05, 0.1) is 14.2 Å². The monoisotopic (exact) mass is 380 g/mol. The van der Waals surface area contributed by atoms with Crippen molar-refractivity contribution in [3.8, 4) is 17.2 Å². The van der Waals surface area contributed by atoms with Crippen LogP contribution in [0, 0.1) is 0 Å². The molecule has 1 atom stereocenters. The number of halogens is 3. The van der Waals surface area contributed by atoms with Crippen LogP contribution in [-0.2, 0) is 0 Å². The molecule has 1 aromatic rings. The molecule has 0 saturated carbocycles. The van der Waals surface area contributed by atoms with E-state index in [2.05, 4.69) is 4.74 Å². The molecule has 1 unspecified atom stereocenters. The van der Waals surface area contributed by atoms with E-state index >= 15 is 0 Å². The highest BCUT2D eigenvalue weighted by Gasteiger charge is 2.28. The SMILES string of the molecule is COc1cc(C(=O)N2CCCCC2CN)cc(OC)c1OC(F)F.Cl. The number of nitrogens with zero attached hydrogens (tertiary/aromatic N) is 1. The first-order valence-electron chi connectivity index (χ1n) is 7.73. The van der Waals surface area contributed by atoms with Crippen molar-refractivity contribution in [2.45, 2.75) is 31.9 Å². The first-order valence-corrected chi connectivity index (χ1v) is 7.73. The molecule has 1 saturated heterocycles. The number of ether oxygens (including phenoxy) is 3. The van der Waals surface area contributed by atoms with Crippen molar-refractivity contribution < 1.29 is 27.8 Å². The highest BCUT2D eigenvalue weighted by molar-refractivity contribution is 5.96. The van der Waals surface area contributed by atoms with Gasteiger partial charge in [0, 0.05) is 24.7 Å². The highest BCUT2D eigenvalue weighted by Crippen LogP contribution is 2.40. The third-order valence-electron chi connectivity index (χ3n) is 4.07. The summed E-state index contributed by atoms with van der Waals surface area (Å²) >= 11 is 0. The van der Waals surface area contributed by atoms with Crippen molar-refractivity contribution in [3.05, 3.63) is 17.7 Å². The molecular formula is C16H23ClF2N2O4. The molecule has 1 fully saturated rings. The van der Waals surface area contributed by atoms with Gasteiger partial charge < -0.3 is 24.8 Å². The number of rotatable bonds is 6. The van der Waals surface area contributed by atoms with Crippen molar-refractivity contribution in [3.63, 3.8) is 0 Å². The predicted molar refractivity (Wildman–Crippen MR) is 91.2 cm³/mol. The summed E-state index contributed by atoms with van der Waals surface area (Å²) in [6.45, 7) is -2.04. The van der Waals surface area contributed by atoms with Crippen LogP contribution in [-0.4, -0.2) is 50.8 Å². The minimum atomic E-state index is -3.03. The topological polar surface area (TPSA) is 74.0 Å². The van der Waals surface area contributed by atoms with Gasteiger partial charge in [0.1, 0.15) is 0 Å². The summed E-state index contributed by atoms with van der Waals surface area (Å²) in [5.41, 5.74) is 6.04. The Morgan fingerprint density at radius 2 is 1.88 bits per heavy atom. The Balaban J connectivity index is 0.00000312. The van der Waals surface area contributed by atoms with Gasteiger partial charge in [0.15, 0.2) is 11.5 Å². The molecule has 9 heteroatoms. The van der Waals surface area contributed by atoms with Crippen LogP contribution in [0.15, 0.2) is 12.1 Å². The van der Waals surface area contributed by atoms with Crippen LogP contribution < -0.4 is 19.9 Å². The summed E-state index contributed by atoms with van der Waals surface area (Å²) in [5, 5.41) is 0. The molecule has 2 rings (SSSR count). The third kappa shape index (κ3) is 4.85. The van der Waals surface area contributed by atoms with Gasteiger partial charge in [-0.15, -0.1) is 12.4 Å². The number of hydrogen-bond acceptors (Lipinski definition) is 5. The first kappa shape index (κ1) is 21.2. The highest BCUT2D eigenvalue weighted by atomic mass is 35.5. The summed E-state index contributed by atoms with van der Waals surface area (Å²) in [7, 11) is 2.62. The average Bonchev–Trinajstić information content (AvgIpc) is 2.60. The zero-order valence-electron chi connectivity index (χ0n) is 14.2. The molecule has 1 heterocycles. The number of nitrogens with two attached hydrogens (primary N) is 1. The maximum atomic E-state index is 12.8. The Morgan fingerprint density at radius 1 is 1.28 bits per heavy atom. The van der Waals surface area contributed by atoms with E-state index in [1.54, 1.807) is 4.90 Å². The number of carbonyl (C=O) groups excluding carboxylic acids is 1. The normalized spacial score (nSPS) is 17.0. The molecule has 1 aliphatic heterocycles. The van der Waals surface area contributed by atoms with E-state index in [9.17, 15) is 13.6 Å². The van der Waals surface area contributed by atoms with Gasteiger partial charge in [-0.1, -0.05) is 0 Å². The molecule has 1 aliphatic rings. The Kier molecular flexibility index (Phi) is 8.18. The minimum absolute atomic E-state index is 0. The van der Waals surface area contributed by atoms with Gasteiger partial charge >= 0.3 is 6.61 Å². The lowest BCUT2D eigenvalue weighted by Crippen LogP contribution is -2.47. The second-order valence-corrected chi connectivity index (χ2v) is 5.47. The standard InChI is InChI=1S/C16H22F2N2O4.ClH/c1-22-12-7-10(8-13(23-2)14(12)24-16(17)18)15(21)20-6-4-3-5-11(20)9-19;/h7-8,11,16H,3-6,9,19H2,1-2H3;1H. The molecule has 0 aromatic heterocycles. The lowest BCUT2D eigenvalue weighted by atomic mass is 10.0. The van der Waals surface area contributed by atoms with E-state index < -0.39 is 6.61 Å². The smallest absolute Gasteiger partial charge is 0.387 e. The van der Waals surface area contributed by atoms with Crippen LogP contribution in [0.5, 0.6) is 17.2 Å². The fourth-order valence-electron chi connectivity index (χ4n) is 2.89.